The molecular weight excluding hydrogens is 336 g/mol. The maximum atomic E-state index is 11.4. The van der Waals surface area contributed by atoms with E-state index in [0.717, 1.165) is 50.2 Å². The highest BCUT2D eigenvalue weighted by molar-refractivity contribution is 5.85. The van der Waals surface area contributed by atoms with E-state index in [1.807, 2.05) is 0 Å². The molecule has 4 heteroatoms. The Bertz CT molecular complexity index is 696. The molecule has 1 unspecified atom stereocenters. The van der Waals surface area contributed by atoms with Crippen LogP contribution >= 0.6 is 0 Å². The van der Waals surface area contributed by atoms with Crippen LogP contribution in [0.3, 0.4) is 0 Å². The molecule has 0 heterocycles. The molecular formula is C23H36N2O2. The van der Waals surface area contributed by atoms with E-state index in [0.29, 0.717) is 23.7 Å². The summed E-state index contributed by atoms with van der Waals surface area (Å²) in [5, 5.41) is 15.5. The number of hydrazone groups is 1. The summed E-state index contributed by atoms with van der Waals surface area (Å²) in [5.74, 6) is 8.74. The van der Waals surface area contributed by atoms with Gasteiger partial charge in [0.25, 0.3) is 0 Å². The van der Waals surface area contributed by atoms with Gasteiger partial charge in [0.1, 0.15) is 0 Å². The van der Waals surface area contributed by atoms with Gasteiger partial charge >= 0.3 is 0 Å². The lowest BCUT2D eigenvalue weighted by molar-refractivity contribution is -0.113. The molecule has 4 aliphatic carbocycles. The summed E-state index contributed by atoms with van der Waals surface area (Å²) in [5.41, 5.74) is 2.65. The van der Waals surface area contributed by atoms with Gasteiger partial charge in [-0.1, -0.05) is 19.9 Å². The molecule has 0 radical (unpaired) electrons. The van der Waals surface area contributed by atoms with E-state index in [9.17, 15) is 5.11 Å². The number of nitrogens with two attached hydrogens (primary N) is 1. The molecule has 7 atom stereocenters. The second kappa shape index (κ2) is 6.65. The number of hydrogen-bond donors (Lipinski definition) is 2. The van der Waals surface area contributed by atoms with Gasteiger partial charge in [0.15, 0.2) is 0 Å². The predicted octanol–water partition coefficient (Wildman–Crippen LogP) is 4.40. The number of ether oxygens (including phenoxy) is 1. The third-order valence-corrected chi connectivity index (χ3v) is 8.70. The van der Waals surface area contributed by atoms with Crippen molar-refractivity contribution in [3.63, 3.8) is 0 Å². The first kappa shape index (κ1) is 19.0. The highest BCUT2D eigenvalue weighted by Crippen LogP contribution is 2.66. The number of allylic oxidation sites excluding steroid dienone is 4. The van der Waals surface area contributed by atoms with E-state index in [4.69, 9.17) is 10.6 Å². The van der Waals surface area contributed by atoms with Crippen LogP contribution in [0.1, 0.15) is 66.2 Å². The standard InChI is InChI=1S/C23H36N2O2/c1-5-27-16-10-11-22(3)15(12-16)6-7-17-19-9-8-18(14(2)25-24)23(19,4)13-20(26)21(17)22/h6,12,17-21,26H,5,7-11,13,24H2,1-4H3/b25-14-/t17-,18+,19?,20-,21+,22-,23+/m0/s1. The lowest BCUT2D eigenvalue weighted by Crippen LogP contribution is -2.56. The molecule has 4 aliphatic rings. The fourth-order valence-corrected chi connectivity index (χ4v) is 7.51. The summed E-state index contributed by atoms with van der Waals surface area (Å²) in [6.45, 7) is 9.63. The van der Waals surface area contributed by atoms with Gasteiger partial charge < -0.3 is 15.7 Å². The maximum Gasteiger partial charge on any atom is 0.0962 e. The summed E-state index contributed by atoms with van der Waals surface area (Å²) in [7, 11) is 0. The molecule has 0 spiro atoms. The Hall–Kier alpha value is -1.29. The predicted molar refractivity (Wildman–Crippen MR) is 109 cm³/mol. The molecule has 0 aromatic carbocycles. The fraction of sp³-hybridized carbons (Fsp3) is 0.783. The smallest absolute Gasteiger partial charge is 0.0962 e. The van der Waals surface area contributed by atoms with Crippen LogP contribution in [0, 0.1) is 34.5 Å². The fourth-order valence-electron chi connectivity index (χ4n) is 7.51. The second-order valence-corrected chi connectivity index (χ2v) is 9.83. The van der Waals surface area contributed by atoms with Gasteiger partial charge in [0.2, 0.25) is 0 Å². The summed E-state index contributed by atoms with van der Waals surface area (Å²) >= 11 is 0. The minimum Gasteiger partial charge on any atom is -0.498 e. The molecule has 4 rings (SSSR count). The molecule has 0 aromatic heterocycles. The van der Waals surface area contributed by atoms with Crippen molar-refractivity contribution in [2.24, 2.45) is 45.4 Å². The lowest BCUT2D eigenvalue weighted by atomic mass is 9.47. The van der Waals surface area contributed by atoms with Crippen LogP contribution in [0.2, 0.25) is 0 Å². The van der Waals surface area contributed by atoms with Gasteiger partial charge in [-0.25, -0.2) is 0 Å². The Morgan fingerprint density at radius 3 is 2.85 bits per heavy atom. The van der Waals surface area contributed by atoms with Crippen molar-refractivity contribution in [1.29, 1.82) is 0 Å². The van der Waals surface area contributed by atoms with Gasteiger partial charge in [0, 0.05) is 18.1 Å². The minimum atomic E-state index is -0.252. The normalized spacial score (nSPS) is 46.7. The molecule has 0 bridgehead atoms. The van der Waals surface area contributed by atoms with Crippen LogP contribution in [-0.4, -0.2) is 23.5 Å². The Balaban J connectivity index is 1.69. The van der Waals surface area contributed by atoms with Gasteiger partial charge in [-0.05, 0) is 86.2 Å². The molecule has 0 aromatic rings. The van der Waals surface area contributed by atoms with Crippen LogP contribution in [0.15, 0.2) is 28.6 Å². The number of fused-ring (bicyclic) bond motifs is 5. The third kappa shape index (κ3) is 2.70. The molecule has 2 saturated carbocycles. The summed E-state index contributed by atoms with van der Waals surface area (Å²) in [4.78, 5) is 0. The first-order chi connectivity index (χ1) is 12.8. The van der Waals surface area contributed by atoms with Crippen LogP contribution in [0.4, 0.5) is 0 Å². The topological polar surface area (TPSA) is 67.8 Å². The van der Waals surface area contributed by atoms with Crippen molar-refractivity contribution in [1.82, 2.24) is 0 Å². The van der Waals surface area contributed by atoms with Crippen molar-refractivity contribution < 1.29 is 9.84 Å². The van der Waals surface area contributed by atoms with Crippen molar-refractivity contribution in [2.45, 2.75) is 72.3 Å². The van der Waals surface area contributed by atoms with Crippen LogP contribution < -0.4 is 5.84 Å². The van der Waals surface area contributed by atoms with Crippen LogP contribution in [-0.2, 0) is 4.74 Å². The number of hydrogen-bond acceptors (Lipinski definition) is 4. The molecule has 4 nitrogen and oxygen atoms in total. The lowest BCUT2D eigenvalue weighted by Gasteiger charge is -2.58. The van der Waals surface area contributed by atoms with E-state index >= 15 is 0 Å². The largest absolute Gasteiger partial charge is 0.498 e. The molecule has 0 saturated heterocycles. The van der Waals surface area contributed by atoms with E-state index in [1.165, 1.54) is 12.0 Å². The number of nitrogens with zero attached hydrogens (tertiary/aromatic N) is 1. The Kier molecular flexibility index (Phi) is 4.69. The highest BCUT2D eigenvalue weighted by Gasteiger charge is 2.61. The monoisotopic (exact) mass is 372 g/mol. The molecule has 2 fully saturated rings. The first-order valence-corrected chi connectivity index (χ1v) is 10.8. The van der Waals surface area contributed by atoms with Crippen molar-refractivity contribution in [2.75, 3.05) is 6.61 Å². The Morgan fingerprint density at radius 1 is 1.37 bits per heavy atom. The molecule has 0 amide bonds. The summed E-state index contributed by atoms with van der Waals surface area (Å²) in [6.07, 6.45) is 10.9. The van der Waals surface area contributed by atoms with Gasteiger partial charge in [0.05, 0.1) is 18.5 Å². The van der Waals surface area contributed by atoms with Crippen LogP contribution in [0.25, 0.3) is 0 Å². The minimum absolute atomic E-state index is 0.0688. The van der Waals surface area contributed by atoms with Crippen molar-refractivity contribution in [3.05, 3.63) is 23.5 Å². The number of aliphatic hydroxyl groups excluding tert-OH is 1. The van der Waals surface area contributed by atoms with E-state index in [2.05, 4.69) is 44.9 Å². The number of rotatable bonds is 3. The zero-order valence-electron chi connectivity index (χ0n) is 17.4. The molecule has 27 heavy (non-hydrogen) atoms. The summed E-state index contributed by atoms with van der Waals surface area (Å²) < 4.78 is 5.81. The first-order valence-electron chi connectivity index (χ1n) is 10.8. The average Bonchev–Trinajstić information content (AvgIpc) is 2.97. The van der Waals surface area contributed by atoms with Crippen molar-refractivity contribution in [3.8, 4) is 0 Å². The zero-order chi connectivity index (χ0) is 19.4. The van der Waals surface area contributed by atoms with Gasteiger partial charge in [-0.15, -0.1) is 0 Å². The van der Waals surface area contributed by atoms with E-state index in [1.54, 1.807) is 0 Å². The van der Waals surface area contributed by atoms with Gasteiger partial charge in [-0.3, -0.25) is 0 Å². The Morgan fingerprint density at radius 2 is 2.15 bits per heavy atom. The zero-order valence-corrected chi connectivity index (χ0v) is 17.4. The second-order valence-electron chi connectivity index (χ2n) is 9.83. The molecule has 3 N–H and O–H groups in total. The maximum absolute atomic E-state index is 11.4. The number of aliphatic hydroxyl groups is 1. The molecule has 150 valence electrons. The van der Waals surface area contributed by atoms with E-state index < -0.39 is 0 Å². The molecule has 0 aliphatic heterocycles. The van der Waals surface area contributed by atoms with Crippen molar-refractivity contribution >= 4 is 5.71 Å². The SMILES string of the molecule is CCOC1=CC2=CC[C@H]3C4CC[C@H](/C(C)=N\N)[C@@]4(C)C[C@H](O)[C@@H]3[C@@]2(C)CC1. The Labute approximate surface area is 163 Å². The van der Waals surface area contributed by atoms with Crippen LogP contribution in [0.5, 0.6) is 0 Å². The quantitative estimate of drug-likeness (QED) is 0.438. The average molecular weight is 373 g/mol. The van der Waals surface area contributed by atoms with Gasteiger partial charge in [-0.2, -0.15) is 5.10 Å². The summed E-state index contributed by atoms with van der Waals surface area (Å²) in [6, 6.07) is 0. The third-order valence-electron chi connectivity index (χ3n) is 8.70. The highest BCUT2D eigenvalue weighted by atomic mass is 16.5. The van der Waals surface area contributed by atoms with E-state index in [-0.39, 0.29) is 16.9 Å².